The molecular weight excluding hydrogens is 206 g/mol. The zero-order valence-electron chi connectivity index (χ0n) is 8.29. The number of carbonyl (C=O) groups excluding carboxylic acids is 1. The van der Waals surface area contributed by atoms with Crippen LogP contribution in [0.5, 0.6) is 5.75 Å². The zero-order valence-corrected chi connectivity index (χ0v) is 8.29. The van der Waals surface area contributed by atoms with Crippen LogP contribution in [0.2, 0.25) is 0 Å². The van der Waals surface area contributed by atoms with Crippen molar-refractivity contribution in [3.8, 4) is 5.75 Å². The van der Waals surface area contributed by atoms with Crippen molar-refractivity contribution >= 4 is 5.97 Å². The van der Waals surface area contributed by atoms with Crippen LogP contribution in [0, 0.1) is 6.92 Å². The zero-order chi connectivity index (χ0) is 11.4. The Morgan fingerprint density at radius 3 is 2.60 bits per heavy atom. The summed E-state index contributed by atoms with van der Waals surface area (Å²) in [6.07, 6.45) is 0. The minimum Gasteiger partial charge on any atom is -0.465 e. The lowest BCUT2D eigenvalue weighted by atomic mass is 10.1. The SMILES string of the molecule is COC(=O)c1ccc(C)cc1OC(F)F. The molecule has 0 N–H and O–H groups in total. The Labute approximate surface area is 85.6 Å². The molecule has 0 aromatic heterocycles. The lowest BCUT2D eigenvalue weighted by Gasteiger charge is -2.09. The van der Waals surface area contributed by atoms with E-state index in [1.165, 1.54) is 19.2 Å². The van der Waals surface area contributed by atoms with Crippen LogP contribution in [0.25, 0.3) is 0 Å². The highest BCUT2D eigenvalue weighted by Crippen LogP contribution is 2.22. The second kappa shape index (κ2) is 4.72. The van der Waals surface area contributed by atoms with Crippen LogP contribution >= 0.6 is 0 Å². The fourth-order valence-electron chi connectivity index (χ4n) is 1.10. The van der Waals surface area contributed by atoms with E-state index in [4.69, 9.17) is 0 Å². The van der Waals surface area contributed by atoms with Gasteiger partial charge in [0, 0.05) is 0 Å². The number of esters is 1. The Balaban J connectivity index is 3.08. The second-order valence-electron chi connectivity index (χ2n) is 2.87. The summed E-state index contributed by atoms with van der Waals surface area (Å²) in [4.78, 5) is 11.2. The van der Waals surface area contributed by atoms with Gasteiger partial charge in [0.25, 0.3) is 0 Å². The van der Waals surface area contributed by atoms with Gasteiger partial charge in [-0.1, -0.05) is 6.07 Å². The highest BCUT2D eigenvalue weighted by Gasteiger charge is 2.15. The lowest BCUT2D eigenvalue weighted by molar-refractivity contribution is -0.0504. The number of alkyl halides is 2. The first-order valence-electron chi connectivity index (χ1n) is 4.18. The number of benzene rings is 1. The third-order valence-corrected chi connectivity index (χ3v) is 1.76. The molecule has 0 aliphatic carbocycles. The standard InChI is InChI=1S/C10H10F2O3/c1-6-3-4-7(9(13)14-2)8(5-6)15-10(11)12/h3-5,10H,1-2H3. The Kier molecular flexibility index (Phi) is 3.60. The molecule has 0 aliphatic heterocycles. The minimum absolute atomic E-state index is 0.0107. The van der Waals surface area contributed by atoms with Crippen LogP contribution in [0.15, 0.2) is 18.2 Å². The van der Waals surface area contributed by atoms with Crippen molar-refractivity contribution in [1.29, 1.82) is 0 Å². The maximum Gasteiger partial charge on any atom is 0.387 e. The van der Waals surface area contributed by atoms with Gasteiger partial charge in [-0.3, -0.25) is 0 Å². The van der Waals surface area contributed by atoms with E-state index in [1.54, 1.807) is 13.0 Å². The molecule has 3 nitrogen and oxygen atoms in total. The minimum atomic E-state index is -2.96. The van der Waals surface area contributed by atoms with E-state index < -0.39 is 12.6 Å². The summed E-state index contributed by atoms with van der Waals surface area (Å²) < 4.78 is 32.7. The van der Waals surface area contributed by atoms with E-state index in [2.05, 4.69) is 9.47 Å². The molecule has 0 bridgehead atoms. The molecule has 15 heavy (non-hydrogen) atoms. The first kappa shape index (κ1) is 11.4. The number of hydrogen-bond acceptors (Lipinski definition) is 3. The predicted octanol–water partition coefficient (Wildman–Crippen LogP) is 2.38. The van der Waals surface area contributed by atoms with Gasteiger partial charge in [0.05, 0.1) is 7.11 Å². The van der Waals surface area contributed by atoms with Crippen LogP contribution in [0.1, 0.15) is 15.9 Å². The fraction of sp³-hybridized carbons (Fsp3) is 0.300. The highest BCUT2D eigenvalue weighted by atomic mass is 19.3. The lowest BCUT2D eigenvalue weighted by Crippen LogP contribution is -2.09. The van der Waals surface area contributed by atoms with E-state index in [-0.39, 0.29) is 11.3 Å². The summed E-state index contributed by atoms with van der Waals surface area (Å²) >= 11 is 0. The summed E-state index contributed by atoms with van der Waals surface area (Å²) in [6.45, 7) is -1.26. The maximum absolute atomic E-state index is 12.0. The number of hydrogen-bond donors (Lipinski definition) is 0. The average Bonchev–Trinajstić information content (AvgIpc) is 2.16. The number of rotatable bonds is 3. The average molecular weight is 216 g/mol. The summed E-state index contributed by atoms with van der Waals surface area (Å²) in [7, 11) is 1.17. The molecule has 0 spiro atoms. The van der Waals surface area contributed by atoms with E-state index in [0.717, 1.165) is 5.56 Å². The summed E-state index contributed by atoms with van der Waals surface area (Å²) in [5.74, 6) is -0.873. The van der Waals surface area contributed by atoms with Crippen molar-refractivity contribution in [2.75, 3.05) is 7.11 Å². The Morgan fingerprint density at radius 1 is 1.40 bits per heavy atom. The molecule has 0 unspecified atom stereocenters. The summed E-state index contributed by atoms with van der Waals surface area (Å²) in [5, 5.41) is 0. The van der Waals surface area contributed by atoms with Gasteiger partial charge in [-0.2, -0.15) is 8.78 Å². The van der Waals surface area contributed by atoms with Crippen LogP contribution < -0.4 is 4.74 Å². The van der Waals surface area contributed by atoms with Gasteiger partial charge < -0.3 is 9.47 Å². The molecular formula is C10H10F2O3. The van der Waals surface area contributed by atoms with Crippen molar-refractivity contribution in [2.45, 2.75) is 13.5 Å². The van der Waals surface area contributed by atoms with Gasteiger partial charge in [-0.25, -0.2) is 4.79 Å². The summed E-state index contributed by atoms with van der Waals surface area (Å²) in [5.41, 5.74) is 0.710. The van der Waals surface area contributed by atoms with E-state index in [1.807, 2.05) is 0 Å². The molecule has 0 aliphatic rings. The first-order chi connectivity index (χ1) is 7.04. The van der Waals surface area contributed by atoms with E-state index >= 15 is 0 Å². The molecule has 0 radical (unpaired) electrons. The van der Waals surface area contributed by atoms with Crippen LogP contribution in [-0.2, 0) is 4.74 Å². The Morgan fingerprint density at radius 2 is 2.07 bits per heavy atom. The van der Waals surface area contributed by atoms with Gasteiger partial charge in [-0.05, 0) is 24.6 Å². The third-order valence-electron chi connectivity index (χ3n) is 1.76. The molecule has 0 amide bonds. The van der Waals surface area contributed by atoms with Crippen LogP contribution in [0.4, 0.5) is 8.78 Å². The molecule has 5 heteroatoms. The van der Waals surface area contributed by atoms with Crippen molar-refractivity contribution in [1.82, 2.24) is 0 Å². The second-order valence-corrected chi connectivity index (χ2v) is 2.87. The number of ether oxygens (including phenoxy) is 2. The molecule has 1 rings (SSSR count). The third kappa shape index (κ3) is 2.90. The molecule has 0 atom stereocenters. The Bertz CT molecular complexity index is 364. The number of carbonyl (C=O) groups is 1. The van der Waals surface area contributed by atoms with Crippen molar-refractivity contribution < 1.29 is 23.0 Å². The normalized spacial score (nSPS) is 10.2. The maximum atomic E-state index is 12.0. The molecule has 1 aromatic rings. The van der Waals surface area contributed by atoms with Gasteiger partial charge >= 0.3 is 12.6 Å². The van der Waals surface area contributed by atoms with E-state index in [9.17, 15) is 13.6 Å². The molecule has 0 fully saturated rings. The van der Waals surface area contributed by atoms with Gasteiger partial charge in [0.15, 0.2) is 0 Å². The monoisotopic (exact) mass is 216 g/mol. The molecule has 0 saturated carbocycles. The number of halogens is 2. The number of aryl methyl sites for hydroxylation is 1. The van der Waals surface area contributed by atoms with Gasteiger partial charge in [-0.15, -0.1) is 0 Å². The van der Waals surface area contributed by atoms with Gasteiger partial charge in [0.1, 0.15) is 11.3 Å². The largest absolute Gasteiger partial charge is 0.465 e. The predicted molar refractivity (Wildman–Crippen MR) is 49.2 cm³/mol. The molecule has 0 heterocycles. The van der Waals surface area contributed by atoms with Crippen LogP contribution in [-0.4, -0.2) is 19.7 Å². The topological polar surface area (TPSA) is 35.5 Å². The quantitative estimate of drug-likeness (QED) is 0.727. The highest BCUT2D eigenvalue weighted by molar-refractivity contribution is 5.92. The molecule has 82 valence electrons. The number of methoxy groups -OCH3 is 1. The Hall–Kier alpha value is -1.65. The fourth-order valence-corrected chi connectivity index (χ4v) is 1.10. The molecule has 1 aromatic carbocycles. The van der Waals surface area contributed by atoms with Crippen molar-refractivity contribution in [3.63, 3.8) is 0 Å². The van der Waals surface area contributed by atoms with E-state index in [0.29, 0.717) is 0 Å². The van der Waals surface area contributed by atoms with Gasteiger partial charge in [0.2, 0.25) is 0 Å². The van der Waals surface area contributed by atoms with Crippen molar-refractivity contribution in [3.05, 3.63) is 29.3 Å². The van der Waals surface area contributed by atoms with Crippen LogP contribution in [0.3, 0.4) is 0 Å². The smallest absolute Gasteiger partial charge is 0.387 e. The molecule has 0 saturated heterocycles. The van der Waals surface area contributed by atoms with Crippen molar-refractivity contribution in [2.24, 2.45) is 0 Å². The first-order valence-corrected chi connectivity index (χ1v) is 4.18. The summed E-state index contributed by atoms with van der Waals surface area (Å²) in [6, 6.07) is 4.36.